The van der Waals surface area contributed by atoms with Crippen molar-refractivity contribution in [2.45, 2.75) is 44.1 Å². The number of hydrogen-bond acceptors (Lipinski definition) is 2. The average Bonchev–Trinajstić information content (AvgIpc) is 3.10. The van der Waals surface area contributed by atoms with Crippen LogP contribution in [0.25, 0.3) is 0 Å². The largest absolute Gasteiger partial charge is 0.395 e. The molecule has 0 amide bonds. The maximum atomic E-state index is 9.40. The minimum absolute atomic E-state index is 0.0992. The van der Waals surface area contributed by atoms with E-state index in [1.807, 2.05) is 0 Å². The molecule has 1 aromatic carbocycles. The first-order valence-electron chi connectivity index (χ1n) is 6.27. The first-order valence-corrected chi connectivity index (χ1v) is 6.27. The van der Waals surface area contributed by atoms with Crippen molar-refractivity contribution in [3.8, 4) is 0 Å². The normalized spacial score (nSPS) is 18.1. The molecular weight excluding hydrogens is 212 g/mol. The van der Waals surface area contributed by atoms with Crippen molar-refractivity contribution in [1.29, 1.82) is 0 Å². The second kappa shape index (κ2) is 4.43. The maximum absolute atomic E-state index is 9.40. The Morgan fingerprint density at radius 3 is 2.59 bits per heavy atom. The zero-order valence-electron chi connectivity index (χ0n) is 11.0. The van der Waals surface area contributed by atoms with Gasteiger partial charge in [0.1, 0.15) is 0 Å². The predicted octanol–water partition coefficient (Wildman–Crippen LogP) is 2.68. The number of aliphatic hydroxyl groups is 1. The van der Waals surface area contributed by atoms with Crippen molar-refractivity contribution < 1.29 is 9.84 Å². The Morgan fingerprint density at radius 1 is 1.35 bits per heavy atom. The van der Waals surface area contributed by atoms with E-state index in [0.717, 1.165) is 19.3 Å². The van der Waals surface area contributed by atoms with Crippen molar-refractivity contribution >= 4 is 0 Å². The molecule has 17 heavy (non-hydrogen) atoms. The second-order valence-electron chi connectivity index (χ2n) is 5.81. The van der Waals surface area contributed by atoms with Crippen LogP contribution in [-0.2, 0) is 16.6 Å². The summed E-state index contributed by atoms with van der Waals surface area (Å²) in [5.74, 6) is 0. The molecule has 0 heterocycles. The highest BCUT2D eigenvalue weighted by Gasteiger charge is 2.42. The molecule has 0 unspecified atom stereocenters. The predicted molar refractivity (Wildman–Crippen MR) is 69.2 cm³/mol. The lowest BCUT2D eigenvalue weighted by Gasteiger charge is -2.23. The van der Waals surface area contributed by atoms with Gasteiger partial charge in [-0.3, -0.25) is 0 Å². The lowest BCUT2D eigenvalue weighted by Crippen LogP contribution is -2.22. The highest BCUT2D eigenvalue weighted by molar-refractivity contribution is 5.31. The van der Waals surface area contributed by atoms with Crippen molar-refractivity contribution in [3.63, 3.8) is 0 Å². The van der Waals surface area contributed by atoms with Gasteiger partial charge in [-0.05, 0) is 24.0 Å². The first kappa shape index (κ1) is 12.6. The van der Waals surface area contributed by atoms with Crippen LogP contribution in [0, 0.1) is 0 Å². The fourth-order valence-electron chi connectivity index (χ4n) is 2.16. The van der Waals surface area contributed by atoms with Crippen LogP contribution in [-0.4, -0.2) is 24.4 Å². The van der Waals surface area contributed by atoms with Gasteiger partial charge in [0.15, 0.2) is 0 Å². The molecule has 2 nitrogen and oxygen atoms in total. The molecule has 1 fully saturated rings. The molecule has 1 saturated carbocycles. The summed E-state index contributed by atoms with van der Waals surface area (Å²) in [5, 5.41) is 9.40. The van der Waals surface area contributed by atoms with E-state index in [1.165, 1.54) is 11.1 Å². The Hall–Kier alpha value is -0.860. The van der Waals surface area contributed by atoms with Gasteiger partial charge in [-0.2, -0.15) is 0 Å². The fourth-order valence-corrected chi connectivity index (χ4v) is 2.16. The summed E-state index contributed by atoms with van der Waals surface area (Å²) in [5.41, 5.74) is 2.44. The lowest BCUT2D eigenvalue weighted by atomic mass is 9.84. The van der Waals surface area contributed by atoms with Crippen molar-refractivity contribution in [3.05, 3.63) is 35.4 Å². The van der Waals surface area contributed by atoms with E-state index in [4.69, 9.17) is 4.74 Å². The van der Waals surface area contributed by atoms with Gasteiger partial charge < -0.3 is 9.84 Å². The topological polar surface area (TPSA) is 29.5 Å². The quantitative estimate of drug-likeness (QED) is 0.848. The molecule has 0 spiro atoms. The standard InChI is InChI=1S/C15H22O2/c1-14(2,11-16)13-6-4-5-12(9-13)10-15(17-3)7-8-15/h4-6,9,16H,7-8,10-11H2,1-3H3. The molecule has 0 saturated heterocycles. The molecule has 1 N–H and O–H groups in total. The summed E-state index contributed by atoms with van der Waals surface area (Å²) in [4.78, 5) is 0. The number of benzene rings is 1. The monoisotopic (exact) mass is 234 g/mol. The SMILES string of the molecule is COC1(Cc2cccc(C(C)(C)CO)c2)CC1. The molecule has 1 aromatic rings. The maximum Gasteiger partial charge on any atom is 0.0721 e. The van der Waals surface area contributed by atoms with Gasteiger partial charge in [0.25, 0.3) is 0 Å². The zero-order chi connectivity index (χ0) is 12.5. The lowest BCUT2D eigenvalue weighted by molar-refractivity contribution is 0.0807. The Kier molecular flexibility index (Phi) is 3.28. The number of rotatable bonds is 5. The van der Waals surface area contributed by atoms with Crippen LogP contribution in [0.2, 0.25) is 0 Å². The van der Waals surface area contributed by atoms with E-state index < -0.39 is 0 Å². The number of hydrogen-bond donors (Lipinski definition) is 1. The smallest absolute Gasteiger partial charge is 0.0721 e. The van der Waals surface area contributed by atoms with Gasteiger partial charge in [0.05, 0.1) is 12.2 Å². The van der Waals surface area contributed by atoms with E-state index in [-0.39, 0.29) is 17.6 Å². The highest BCUT2D eigenvalue weighted by atomic mass is 16.5. The van der Waals surface area contributed by atoms with Crippen LogP contribution in [0.1, 0.15) is 37.8 Å². The Bertz CT molecular complexity index is 392. The van der Waals surface area contributed by atoms with E-state index in [9.17, 15) is 5.11 Å². The minimum Gasteiger partial charge on any atom is -0.395 e. The Labute approximate surface area is 104 Å². The third kappa shape index (κ3) is 2.70. The molecule has 2 heteroatoms. The fraction of sp³-hybridized carbons (Fsp3) is 0.600. The van der Waals surface area contributed by atoms with Gasteiger partial charge >= 0.3 is 0 Å². The van der Waals surface area contributed by atoms with E-state index >= 15 is 0 Å². The van der Waals surface area contributed by atoms with Gasteiger partial charge in [0.2, 0.25) is 0 Å². The molecule has 94 valence electrons. The molecule has 0 atom stereocenters. The number of methoxy groups -OCH3 is 1. The van der Waals surface area contributed by atoms with Gasteiger partial charge in [-0.15, -0.1) is 0 Å². The van der Waals surface area contributed by atoms with E-state index in [1.54, 1.807) is 7.11 Å². The third-order valence-electron chi connectivity index (χ3n) is 3.87. The minimum atomic E-state index is -0.167. The van der Waals surface area contributed by atoms with E-state index in [2.05, 4.69) is 38.1 Å². The third-order valence-corrected chi connectivity index (χ3v) is 3.87. The second-order valence-corrected chi connectivity index (χ2v) is 5.81. The van der Waals surface area contributed by atoms with Crippen molar-refractivity contribution in [2.75, 3.05) is 13.7 Å². The highest BCUT2D eigenvalue weighted by Crippen LogP contribution is 2.42. The van der Waals surface area contributed by atoms with Crippen LogP contribution >= 0.6 is 0 Å². The van der Waals surface area contributed by atoms with Crippen molar-refractivity contribution in [1.82, 2.24) is 0 Å². The number of ether oxygens (including phenoxy) is 1. The molecule has 2 rings (SSSR count). The molecule has 0 aliphatic heterocycles. The summed E-state index contributed by atoms with van der Waals surface area (Å²) < 4.78 is 5.56. The number of aliphatic hydroxyl groups excluding tert-OH is 1. The molecular formula is C15H22O2. The van der Waals surface area contributed by atoms with Gasteiger partial charge in [0, 0.05) is 18.9 Å². The van der Waals surface area contributed by atoms with Crippen molar-refractivity contribution in [2.24, 2.45) is 0 Å². The average molecular weight is 234 g/mol. The zero-order valence-corrected chi connectivity index (χ0v) is 11.0. The Balaban J connectivity index is 2.17. The first-order chi connectivity index (χ1) is 8.01. The summed E-state index contributed by atoms with van der Waals surface area (Å²) >= 11 is 0. The van der Waals surface area contributed by atoms with Crippen LogP contribution < -0.4 is 0 Å². The summed E-state index contributed by atoms with van der Waals surface area (Å²) in [6.45, 7) is 4.30. The molecule has 0 radical (unpaired) electrons. The summed E-state index contributed by atoms with van der Waals surface area (Å²) in [6.07, 6.45) is 3.31. The molecule has 0 aromatic heterocycles. The van der Waals surface area contributed by atoms with E-state index in [0.29, 0.717) is 0 Å². The van der Waals surface area contributed by atoms with Gasteiger partial charge in [-0.1, -0.05) is 38.1 Å². The Morgan fingerprint density at radius 2 is 2.06 bits per heavy atom. The molecule has 1 aliphatic carbocycles. The molecule has 1 aliphatic rings. The van der Waals surface area contributed by atoms with Crippen LogP contribution in [0.3, 0.4) is 0 Å². The van der Waals surface area contributed by atoms with Crippen LogP contribution in [0.4, 0.5) is 0 Å². The van der Waals surface area contributed by atoms with Gasteiger partial charge in [-0.25, -0.2) is 0 Å². The summed E-state index contributed by atoms with van der Waals surface area (Å²) in [6, 6.07) is 8.52. The molecule has 0 bridgehead atoms. The van der Waals surface area contributed by atoms with Crippen LogP contribution in [0.5, 0.6) is 0 Å². The van der Waals surface area contributed by atoms with Crippen LogP contribution in [0.15, 0.2) is 24.3 Å². The summed E-state index contributed by atoms with van der Waals surface area (Å²) in [7, 11) is 1.80.